The van der Waals surface area contributed by atoms with Gasteiger partial charge < -0.3 is 28.2 Å². The molecule has 0 atom stereocenters. The minimum atomic E-state index is -0.582. The van der Waals surface area contributed by atoms with Crippen molar-refractivity contribution in [2.45, 2.75) is 6.61 Å². The monoisotopic (exact) mass is 398 g/mol. The molecule has 0 saturated heterocycles. The van der Waals surface area contributed by atoms with Crippen LogP contribution in [0.25, 0.3) is 11.4 Å². The van der Waals surface area contributed by atoms with E-state index >= 15 is 0 Å². The quantitative estimate of drug-likeness (QED) is 0.580. The van der Waals surface area contributed by atoms with Crippen LogP contribution >= 0.6 is 0 Å². The zero-order chi connectivity index (χ0) is 20.2. The van der Waals surface area contributed by atoms with Gasteiger partial charge in [-0.05, 0) is 24.3 Å². The standard InChI is InChI=1S/C20H18N2O7/c1-24-14-5-3-4-12(8-14)19-21-17(29-22-19)11-28-20(23)13-9-15(25-2)18-16(10-13)26-6-7-27-18/h3-5,8-10H,6-7,11H2,1-2H3. The highest BCUT2D eigenvalue weighted by Crippen LogP contribution is 2.40. The van der Waals surface area contributed by atoms with Crippen molar-refractivity contribution in [3.63, 3.8) is 0 Å². The van der Waals surface area contributed by atoms with Crippen LogP contribution in [0.4, 0.5) is 0 Å². The van der Waals surface area contributed by atoms with Gasteiger partial charge in [-0.3, -0.25) is 0 Å². The van der Waals surface area contributed by atoms with E-state index in [1.54, 1.807) is 19.2 Å². The van der Waals surface area contributed by atoms with E-state index in [1.807, 2.05) is 18.2 Å². The van der Waals surface area contributed by atoms with Gasteiger partial charge in [0.15, 0.2) is 18.1 Å². The third kappa shape index (κ3) is 3.93. The number of ether oxygens (including phenoxy) is 5. The molecule has 1 aromatic heterocycles. The molecule has 9 nitrogen and oxygen atoms in total. The molecule has 0 radical (unpaired) electrons. The first kappa shape index (κ1) is 18.6. The van der Waals surface area contributed by atoms with Crippen molar-refractivity contribution in [1.29, 1.82) is 0 Å². The van der Waals surface area contributed by atoms with Crippen LogP contribution < -0.4 is 18.9 Å². The Morgan fingerprint density at radius 3 is 2.79 bits per heavy atom. The molecule has 0 spiro atoms. The molecule has 1 aliphatic rings. The third-order valence-electron chi connectivity index (χ3n) is 4.19. The van der Waals surface area contributed by atoms with Crippen molar-refractivity contribution in [2.24, 2.45) is 0 Å². The fourth-order valence-electron chi connectivity index (χ4n) is 2.79. The maximum atomic E-state index is 12.5. The average Bonchev–Trinajstić information content (AvgIpc) is 3.25. The summed E-state index contributed by atoms with van der Waals surface area (Å²) in [6.07, 6.45) is 0. The van der Waals surface area contributed by atoms with Crippen LogP contribution in [0.2, 0.25) is 0 Å². The van der Waals surface area contributed by atoms with Gasteiger partial charge in [0.1, 0.15) is 19.0 Å². The van der Waals surface area contributed by atoms with Gasteiger partial charge in [0.25, 0.3) is 5.89 Å². The summed E-state index contributed by atoms with van der Waals surface area (Å²) in [5.74, 6) is 1.92. The Hall–Kier alpha value is -3.75. The van der Waals surface area contributed by atoms with Crippen molar-refractivity contribution < 1.29 is 33.0 Å². The van der Waals surface area contributed by atoms with E-state index in [-0.39, 0.29) is 18.1 Å². The number of fused-ring (bicyclic) bond motifs is 1. The topological polar surface area (TPSA) is 102 Å². The third-order valence-corrected chi connectivity index (χ3v) is 4.19. The maximum Gasteiger partial charge on any atom is 0.338 e. The maximum absolute atomic E-state index is 12.5. The van der Waals surface area contributed by atoms with E-state index in [0.717, 1.165) is 5.56 Å². The smallest absolute Gasteiger partial charge is 0.338 e. The first-order chi connectivity index (χ1) is 14.2. The zero-order valence-corrected chi connectivity index (χ0v) is 15.8. The SMILES string of the molecule is COc1cccc(-c2noc(COC(=O)c3cc(OC)c4c(c3)OCCO4)n2)c1. The lowest BCUT2D eigenvalue weighted by molar-refractivity contribution is 0.0428. The molecule has 0 saturated carbocycles. The predicted molar refractivity (Wildman–Crippen MR) is 99.4 cm³/mol. The van der Waals surface area contributed by atoms with Crippen LogP contribution in [0.3, 0.4) is 0 Å². The molecule has 0 unspecified atom stereocenters. The Bertz CT molecular complexity index is 1010. The molecule has 1 aliphatic heterocycles. The van der Waals surface area contributed by atoms with Crippen molar-refractivity contribution in [3.05, 3.63) is 47.9 Å². The van der Waals surface area contributed by atoms with Gasteiger partial charge in [0.2, 0.25) is 11.6 Å². The second-order valence-corrected chi connectivity index (χ2v) is 6.02. The highest BCUT2D eigenvalue weighted by atomic mass is 16.6. The second kappa shape index (κ2) is 8.09. The van der Waals surface area contributed by atoms with Gasteiger partial charge in [0.05, 0.1) is 19.8 Å². The van der Waals surface area contributed by atoms with Crippen LogP contribution in [0.1, 0.15) is 16.2 Å². The molecule has 0 bridgehead atoms. The molecule has 0 amide bonds. The van der Waals surface area contributed by atoms with Gasteiger partial charge in [-0.2, -0.15) is 4.98 Å². The van der Waals surface area contributed by atoms with Crippen molar-refractivity contribution in [2.75, 3.05) is 27.4 Å². The molecule has 9 heteroatoms. The summed E-state index contributed by atoms with van der Waals surface area (Å²) >= 11 is 0. The lowest BCUT2D eigenvalue weighted by Gasteiger charge is -2.21. The Morgan fingerprint density at radius 2 is 1.97 bits per heavy atom. The van der Waals surface area contributed by atoms with Crippen molar-refractivity contribution >= 4 is 5.97 Å². The highest BCUT2D eigenvalue weighted by molar-refractivity contribution is 5.91. The zero-order valence-electron chi connectivity index (χ0n) is 15.8. The number of methoxy groups -OCH3 is 2. The van der Waals surface area contributed by atoms with Crippen LogP contribution in [0.5, 0.6) is 23.0 Å². The van der Waals surface area contributed by atoms with Crippen molar-refractivity contribution in [1.82, 2.24) is 10.1 Å². The number of benzene rings is 2. The van der Waals surface area contributed by atoms with Crippen LogP contribution in [-0.2, 0) is 11.3 Å². The largest absolute Gasteiger partial charge is 0.497 e. The predicted octanol–water partition coefficient (Wildman–Crippen LogP) is 2.88. The molecule has 0 aliphatic carbocycles. The summed E-state index contributed by atoms with van der Waals surface area (Å²) < 4.78 is 32.0. The lowest BCUT2D eigenvalue weighted by Crippen LogP contribution is -2.17. The van der Waals surface area contributed by atoms with E-state index in [1.165, 1.54) is 13.2 Å². The van der Waals surface area contributed by atoms with Crippen LogP contribution in [0, 0.1) is 0 Å². The summed E-state index contributed by atoms with van der Waals surface area (Å²) in [6.45, 7) is 0.635. The molecule has 4 rings (SSSR count). The Morgan fingerprint density at radius 1 is 1.10 bits per heavy atom. The van der Waals surface area contributed by atoms with E-state index in [4.69, 9.17) is 28.2 Å². The molecular weight excluding hydrogens is 380 g/mol. The molecule has 3 aromatic rings. The van der Waals surface area contributed by atoms with Gasteiger partial charge in [-0.15, -0.1) is 0 Å². The lowest BCUT2D eigenvalue weighted by atomic mass is 10.1. The summed E-state index contributed by atoms with van der Waals surface area (Å²) in [4.78, 5) is 16.7. The summed E-state index contributed by atoms with van der Waals surface area (Å²) in [7, 11) is 3.06. The minimum Gasteiger partial charge on any atom is -0.497 e. The van der Waals surface area contributed by atoms with Gasteiger partial charge in [-0.1, -0.05) is 17.3 Å². The Kier molecular flexibility index (Phi) is 5.19. The number of nitrogens with zero attached hydrogens (tertiary/aromatic N) is 2. The van der Waals surface area contributed by atoms with E-state index in [0.29, 0.717) is 42.0 Å². The van der Waals surface area contributed by atoms with E-state index < -0.39 is 5.97 Å². The fraction of sp³-hybridized carbons (Fsp3) is 0.250. The number of rotatable bonds is 6. The fourth-order valence-corrected chi connectivity index (χ4v) is 2.79. The average molecular weight is 398 g/mol. The minimum absolute atomic E-state index is 0.167. The number of carbonyl (C=O) groups is 1. The summed E-state index contributed by atoms with van der Waals surface area (Å²) in [5.41, 5.74) is 0.987. The van der Waals surface area contributed by atoms with Crippen LogP contribution in [0.15, 0.2) is 40.9 Å². The molecule has 0 N–H and O–H groups in total. The number of esters is 1. The second-order valence-electron chi connectivity index (χ2n) is 6.02. The number of hydrogen-bond acceptors (Lipinski definition) is 9. The normalized spacial score (nSPS) is 12.3. The molecule has 2 aromatic carbocycles. The Balaban J connectivity index is 1.46. The Labute approximate surface area is 166 Å². The van der Waals surface area contributed by atoms with E-state index in [9.17, 15) is 4.79 Å². The number of carbonyl (C=O) groups excluding carboxylic acids is 1. The molecular formula is C20H18N2O7. The molecule has 150 valence electrons. The first-order valence-corrected chi connectivity index (χ1v) is 8.79. The first-order valence-electron chi connectivity index (χ1n) is 8.79. The number of hydrogen-bond donors (Lipinski definition) is 0. The highest BCUT2D eigenvalue weighted by Gasteiger charge is 2.22. The van der Waals surface area contributed by atoms with Crippen LogP contribution in [-0.4, -0.2) is 43.5 Å². The van der Waals surface area contributed by atoms with Gasteiger partial charge in [-0.25, -0.2) is 4.79 Å². The van der Waals surface area contributed by atoms with Gasteiger partial charge >= 0.3 is 5.97 Å². The molecule has 0 fully saturated rings. The molecule has 2 heterocycles. The molecule has 29 heavy (non-hydrogen) atoms. The van der Waals surface area contributed by atoms with E-state index in [2.05, 4.69) is 10.1 Å². The number of aromatic nitrogens is 2. The van der Waals surface area contributed by atoms with Crippen molar-refractivity contribution in [3.8, 4) is 34.4 Å². The summed E-state index contributed by atoms with van der Waals surface area (Å²) in [6, 6.07) is 10.3. The summed E-state index contributed by atoms with van der Waals surface area (Å²) in [5, 5.41) is 3.91. The van der Waals surface area contributed by atoms with Gasteiger partial charge in [0, 0.05) is 5.56 Å².